The highest BCUT2D eigenvalue weighted by atomic mass is 31.2. The summed E-state index contributed by atoms with van der Waals surface area (Å²) >= 11 is 0. The van der Waals surface area contributed by atoms with Gasteiger partial charge in [-0.05, 0) is 134 Å². The molecule has 0 saturated carbocycles. The van der Waals surface area contributed by atoms with E-state index in [0.29, 0.717) is 34.5 Å². The third-order valence-corrected chi connectivity index (χ3v) is 14.2. The molecule has 81 heavy (non-hydrogen) atoms. The number of fused-ring (bicyclic) bond motifs is 4. The SMILES string of the molecule is CN(C)P(Oc1cccc2c1Cc1ccccc1O2)Oc1cccc2c1Cc1ccccc1O2.COc1cccc(Oc2ccccc2)c1.COc1cccc(Oc2ccccc2)c1C(=O)c1c(OC)cccc1Oc1ccccc1. The first-order valence-corrected chi connectivity index (χ1v) is 27.2. The van der Waals surface area contributed by atoms with Gasteiger partial charge in [0, 0.05) is 30.0 Å². The monoisotopic (exact) mass is 1100 g/mol. The summed E-state index contributed by atoms with van der Waals surface area (Å²) in [6.45, 7) is 0. The molecular formula is C68H58NO11P. The maximum absolute atomic E-state index is 13.9. The van der Waals surface area contributed by atoms with Crippen LogP contribution in [0.2, 0.25) is 0 Å². The molecule has 0 atom stereocenters. The Morgan fingerprint density at radius 2 is 0.728 bits per heavy atom. The van der Waals surface area contributed by atoms with Crippen molar-refractivity contribution >= 4 is 14.3 Å². The number of hydrogen-bond acceptors (Lipinski definition) is 12. The lowest BCUT2D eigenvalue weighted by Crippen LogP contribution is -2.15. The molecule has 2 heterocycles. The van der Waals surface area contributed by atoms with Crippen LogP contribution in [-0.4, -0.2) is 45.9 Å². The minimum atomic E-state index is -1.42. The van der Waals surface area contributed by atoms with Gasteiger partial charge in [0.15, 0.2) is 0 Å². The molecule has 2 aliphatic heterocycles. The van der Waals surface area contributed by atoms with Gasteiger partial charge in [-0.15, -0.1) is 0 Å². The van der Waals surface area contributed by atoms with E-state index in [2.05, 4.69) is 12.1 Å². The van der Waals surface area contributed by atoms with Crippen LogP contribution in [0.4, 0.5) is 0 Å². The normalized spacial score (nSPS) is 11.4. The summed E-state index contributed by atoms with van der Waals surface area (Å²) in [5, 5.41) is 0. The highest BCUT2D eigenvalue weighted by molar-refractivity contribution is 7.45. The molecule has 0 fully saturated rings. The number of nitrogens with zero attached hydrogens (tertiary/aromatic N) is 1. The number of ketones is 1. The molecule has 10 aromatic rings. The van der Waals surface area contributed by atoms with E-state index in [1.807, 2.05) is 207 Å². The maximum atomic E-state index is 13.9. The quantitative estimate of drug-likeness (QED) is 0.0678. The fourth-order valence-electron chi connectivity index (χ4n) is 8.89. The first-order valence-electron chi connectivity index (χ1n) is 26.0. The lowest BCUT2D eigenvalue weighted by molar-refractivity contribution is 0.102. The standard InChI is InChI=1S/C28H24NO4P.C27H22O5.C13H12O2/c1-29(2)34(32-27-15-7-13-25-21(27)17-19-9-3-5-11-23(19)30-25)33-28-16-8-14-26-22(28)18-20-10-4-6-12-24(20)31-26;1-29-21-15-9-17-23(31-19-11-5-3-6-12-19)25(21)27(28)26-22(30-2)16-10-18-24(26)32-20-13-7-4-8-14-20;1-14-12-8-5-9-13(10-12)15-11-6-3-2-4-7-11/h3-16H,17-18H2,1-2H3;3-18H,1-2H3;2-10H,1H3. The number of benzene rings is 10. The van der Waals surface area contributed by atoms with Gasteiger partial charge in [0.25, 0.3) is 0 Å². The van der Waals surface area contributed by atoms with E-state index in [9.17, 15) is 4.79 Å². The number of carbonyl (C=O) groups is 1. The molecule has 12 nitrogen and oxygen atoms in total. The van der Waals surface area contributed by atoms with Gasteiger partial charge in [-0.1, -0.05) is 121 Å². The molecule has 0 saturated heterocycles. The van der Waals surface area contributed by atoms with Gasteiger partial charge in [0.1, 0.15) is 97.4 Å². The van der Waals surface area contributed by atoms with Gasteiger partial charge >= 0.3 is 8.53 Å². The van der Waals surface area contributed by atoms with E-state index in [1.54, 1.807) is 43.5 Å². The van der Waals surface area contributed by atoms with E-state index >= 15 is 0 Å². The Morgan fingerprint density at radius 1 is 0.370 bits per heavy atom. The van der Waals surface area contributed by atoms with Crippen molar-refractivity contribution < 1.29 is 51.7 Å². The Bertz CT molecular complexity index is 3530. The third kappa shape index (κ3) is 13.4. The zero-order chi connectivity index (χ0) is 55.9. The van der Waals surface area contributed by atoms with Gasteiger partial charge < -0.3 is 46.9 Å². The molecule has 12 rings (SSSR count). The third-order valence-electron chi connectivity index (χ3n) is 12.8. The van der Waals surface area contributed by atoms with Crippen molar-refractivity contribution in [3.8, 4) is 86.2 Å². The zero-order valence-electron chi connectivity index (χ0n) is 45.3. The lowest BCUT2D eigenvalue weighted by Gasteiger charge is -2.28. The van der Waals surface area contributed by atoms with Crippen molar-refractivity contribution in [2.24, 2.45) is 0 Å². The molecule has 0 radical (unpaired) electrons. The zero-order valence-corrected chi connectivity index (χ0v) is 46.2. The molecular weight excluding hydrogens is 1040 g/mol. The summed E-state index contributed by atoms with van der Waals surface area (Å²) in [6, 6.07) is 74.3. The topological polar surface area (TPSA) is 113 Å². The molecule has 2 aliphatic rings. The van der Waals surface area contributed by atoms with Gasteiger partial charge in [-0.3, -0.25) is 4.79 Å². The molecule has 0 N–H and O–H groups in total. The Balaban J connectivity index is 0.000000146. The number of rotatable bonds is 16. The van der Waals surface area contributed by atoms with Crippen LogP contribution in [0.15, 0.2) is 237 Å². The molecule has 0 bridgehead atoms. The Labute approximate surface area is 473 Å². The van der Waals surface area contributed by atoms with E-state index in [0.717, 1.165) is 86.8 Å². The Hall–Kier alpha value is -9.74. The average molecular weight is 1100 g/mol. The minimum absolute atomic E-state index is 0.279. The molecule has 10 aromatic carbocycles. The second kappa shape index (κ2) is 26.3. The van der Waals surface area contributed by atoms with Gasteiger partial charge in [0.2, 0.25) is 5.78 Å². The lowest BCUT2D eigenvalue weighted by atomic mass is 9.99. The van der Waals surface area contributed by atoms with E-state index in [4.69, 9.17) is 46.9 Å². The first kappa shape index (κ1) is 54.6. The number of ether oxygens (including phenoxy) is 8. The predicted octanol–water partition coefficient (Wildman–Crippen LogP) is 17.3. The van der Waals surface area contributed by atoms with Gasteiger partial charge in [0.05, 0.1) is 21.3 Å². The Kier molecular flexibility index (Phi) is 17.7. The van der Waals surface area contributed by atoms with Crippen molar-refractivity contribution in [2.45, 2.75) is 12.8 Å². The van der Waals surface area contributed by atoms with Gasteiger partial charge in [-0.25, -0.2) is 4.67 Å². The van der Waals surface area contributed by atoms with Crippen molar-refractivity contribution in [2.75, 3.05) is 35.4 Å². The predicted molar refractivity (Wildman–Crippen MR) is 315 cm³/mol. The summed E-state index contributed by atoms with van der Waals surface area (Å²) in [5.74, 6) is 9.80. The summed E-state index contributed by atoms with van der Waals surface area (Å²) < 4.78 is 61.1. The van der Waals surface area contributed by atoms with E-state index in [1.165, 1.54) is 14.2 Å². The maximum Gasteiger partial charge on any atom is 0.384 e. The van der Waals surface area contributed by atoms with Crippen LogP contribution < -0.4 is 46.9 Å². The van der Waals surface area contributed by atoms with Crippen LogP contribution >= 0.6 is 8.53 Å². The van der Waals surface area contributed by atoms with Crippen molar-refractivity contribution in [3.63, 3.8) is 0 Å². The van der Waals surface area contributed by atoms with Crippen molar-refractivity contribution in [1.29, 1.82) is 0 Å². The molecule has 0 amide bonds. The number of carbonyl (C=O) groups excluding carboxylic acids is 1. The van der Waals surface area contributed by atoms with Crippen LogP contribution in [0.1, 0.15) is 38.2 Å². The summed E-state index contributed by atoms with van der Waals surface area (Å²) in [4.78, 5) is 13.9. The second-order valence-electron chi connectivity index (χ2n) is 18.4. The van der Waals surface area contributed by atoms with Crippen LogP contribution in [0.25, 0.3) is 0 Å². The smallest absolute Gasteiger partial charge is 0.384 e. The number of para-hydroxylation sites is 5. The molecule has 0 unspecified atom stereocenters. The van der Waals surface area contributed by atoms with Crippen LogP contribution in [-0.2, 0) is 12.8 Å². The fourth-order valence-corrected chi connectivity index (χ4v) is 9.94. The summed E-state index contributed by atoms with van der Waals surface area (Å²) in [5.41, 5.74) is 4.92. The average Bonchev–Trinajstić information content (AvgIpc) is 3.51. The van der Waals surface area contributed by atoms with Crippen molar-refractivity contribution in [3.05, 3.63) is 270 Å². The van der Waals surface area contributed by atoms with Crippen molar-refractivity contribution in [1.82, 2.24) is 4.67 Å². The first-order chi connectivity index (χ1) is 39.7. The fraction of sp³-hybridized carbons (Fsp3) is 0.103. The number of methoxy groups -OCH3 is 3. The Morgan fingerprint density at radius 3 is 1.17 bits per heavy atom. The highest BCUT2D eigenvalue weighted by Gasteiger charge is 2.29. The van der Waals surface area contributed by atoms with E-state index < -0.39 is 8.53 Å². The highest BCUT2D eigenvalue weighted by Crippen LogP contribution is 2.50. The van der Waals surface area contributed by atoms with Crippen LogP contribution in [0, 0.1) is 0 Å². The molecule has 13 heteroatoms. The summed E-state index contributed by atoms with van der Waals surface area (Å²) in [6.07, 6.45) is 1.51. The molecule has 406 valence electrons. The van der Waals surface area contributed by atoms with Gasteiger partial charge in [-0.2, -0.15) is 0 Å². The minimum Gasteiger partial charge on any atom is -0.497 e. The van der Waals surface area contributed by atoms with Crippen LogP contribution in [0.5, 0.6) is 86.2 Å². The summed E-state index contributed by atoms with van der Waals surface area (Å²) in [7, 11) is 7.19. The van der Waals surface area contributed by atoms with Crippen LogP contribution in [0.3, 0.4) is 0 Å². The van der Waals surface area contributed by atoms with E-state index in [-0.39, 0.29) is 16.9 Å². The second-order valence-corrected chi connectivity index (χ2v) is 20.1. The molecule has 0 spiro atoms. The molecule has 0 aliphatic carbocycles. The number of hydrogen-bond donors (Lipinski definition) is 0. The largest absolute Gasteiger partial charge is 0.497 e. The molecule has 0 aromatic heterocycles.